The Morgan fingerprint density at radius 1 is 1.11 bits per heavy atom. The number of ether oxygens (including phenoxy) is 2. The summed E-state index contributed by atoms with van der Waals surface area (Å²) in [6.45, 7) is 6.51. The van der Waals surface area contributed by atoms with Gasteiger partial charge in [0.1, 0.15) is 5.00 Å². The third-order valence-electron chi connectivity index (χ3n) is 6.26. The molecule has 2 atom stereocenters. The molecule has 2 amide bonds. The number of esters is 1. The summed E-state index contributed by atoms with van der Waals surface area (Å²) in [6.07, 6.45) is 0.0605. The molecule has 1 N–H and O–H groups in total. The fourth-order valence-electron chi connectivity index (χ4n) is 4.51. The zero-order valence-corrected chi connectivity index (χ0v) is 22.2. The Bertz CT molecular complexity index is 1280. The highest BCUT2D eigenvalue weighted by Gasteiger charge is 2.33. The Labute approximate surface area is 214 Å². The summed E-state index contributed by atoms with van der Waals surface area (Å²) in [6, 6.07) is 5.69. The minimum absolute atomic E-state index is 0.0599. The number of morpholine rings is 1. The highest BCUT2D eigenvalue weighted by molar-refractivity contribution is 7.89. The molecule has 2 aromatic rings. The van der Waals surface area contributed by atoms with Crippen LogP contribution in [0, 0.1) is 0 Å². The van der Waals surface area contributed by atoms with E-state index in [2.05, 4.69) is 5.32 Å². The summed E-state index contributed by atoms with van der Waals surface area (Å²) in [5.74, 6) is -1.11. The number of amides is 2. The number of methoxy groups -OCH3 is 1. The molecule has 2 aliphatic rings. The van der Waals surface area contributed by atoms with Crippen molar-refractivity contribution in [3.63, 3.8) is 0 Å². The molecule has 12 heteroatoms. The van der Waals surface area contributed by atoms with Crippen molar-refractivity contribution in [3.05, 3.63) is 45.8 Å². The van der Waals surface area contributed by atoms with Gasteiger partial charge < -0.3 is 19.7 Å². The van der Waals surface area contributed by atoms with Crippen molar-refractivity contribution in [2.45, 2.75) is 50.8 Å². The highest BCUT2D eigenvalue weighted by Crippen LogP contribution is 2.38. The summed E-state index contributed by atoms with van der Waals surface area (Å²) < 4.78 is 38.1. The van der Waals surface area contributed by atoms with E-state index in [1.54, 1.807) is 4.90 Å². The first-order valence-electron chi connectivity index (χ1n) is 11.6. The molecule has 10 nitrogen and oxygen atoms in total. The van der Waals surface area contributed by atoms with E-state index in [9.17, 15) is 22.8 Å². The van der Waals surface area contributed by atoms with Gasteiger partial charge in [-0.3, -0.25) is 9.59 Å². The standard InChI is InChI=1S/C24H29N3O7S2/c1-14-11-27(12-15(2)34-14)36(31,32)18-7-5-17(6-8-18)22(29)25-23-21(24(30)33-4)19-9-10-26(16(3)28)13-20(19)35-23/h5-8,14-15H,9-13H2,1-4H3,(H,25,29)/t14-,15+. The third kappa shape index (κ3) is 5.17. The molecule has 36 heavy (non-hydrogen) atoms. The van der Waals surface area contributed by atoms with Crippen molar-refractivity contribution < 1.29 is 32.3 Å². The molecule has 2 aliphatic heterocycles. The van der Waals surface area contributed by atoms with Crippen LogP contribution >= 0.6 is 11.3 Å². The lowest BCUT2D eigenvalue weighted by Gasteiger charge is -2.34. The largest absolute Gasteiger partial charge is 0.465 e. The summed E-state index contributed by atoms with van der Waals surface area (Å²) in [7, 11) is -2.46. The Morgan fingerprint density at radius 2 is 1.75 bits per heavy atom. The van der Waals surface area contributed by atoms with Crippen LogP contribution in [-0.2, 0) is 37.3 Å². The molecule has 0 unspecified atom stereocenters. The molecule has 1 fully saturated rings. The highest BCUT2D eigenvalue weighted by atomic mass is 32.2. The average molecular weight is 536 g/mol. The second-order valence-corrected chi connectivity index (χ2v) is 12.0. The van der Waals surface area contributed by atoms with E-state index >= 15 is 0 Å². The van der Waals surface area contributed by atoms with E-state index in [0.29, 0.717) is 30.1 Å². The van der Waals surface area contributed by atoms with Gasteiger partial charge in [0.2, 0.25) is 15.9 Å². The second kappa shape index (κ2) is 10.3. The van der Waals surface area contributed by atoms with Gasteiger partial charge in [0.15, 0.2) is 0 Å². The molecule has 0 saturated carbocycles. The van der Waals surface area contributed by atoms with Crippen molar-refractivity contribution in [1.29, 1.82) is 0 Å². The van der Waals surface area contributed by atoms with Gasteiger partial charge >= 0.3 is 5.97 Å². The van der Waals surface area contributed by atoms with Gasteiger partial charge in [-0.2, -0.15) is 4.31 Å². The van der Waals surface area contributed by atoms with Crippen LogP contribution in [0.5, 0.6) is 0 Å². The molecule has 0 bridgehead atoms. The number of carbonyl (C=O) groups is 3. The number of nitrogens with one attached hydrogen (secondary N) is 1. The fourth-order valence-corrected chi connectivity index (χ4v) is 7.34. The van der Waals surface area contributed by atoms with Crippen molar-refractivity contribution in [1.82, 2.24) is 9.21 Å². The Kier molecular flexibility index (Phi) is 7.51. The van der Waals surface area contributed by atoms with E-state index in [4.69, 9.17) is 9.47 Å². The summed E-state index contributed by atoms with van der Waals surface area (Å²) in [4.78, 5) is 39.9. The maximum Gasteiger partial charge on any atom is 0.341 e. The van der Waals surface area contributed by atoms with Gasteiger partial charge in [-0.25, -0.2) is 13.2 Å². The normalized spacial score (nSPS) is 20.5. The van der Waals surface area contributed by atoms with E-state index in [-0.39, 0.29) is 41.7 Å². The minimum Gasteiger partial charge on any atom is -0.465 e. The Balaban J connectivity index is 1.55. The molecule has 1 saturated heterocycles. The molecular weight excluding hydrogens is 506 g/mol. The third-order valence-corrected chi connectivity index (χ3v) is 9.24. The number of fused-ring (bicyclic) bond motifs is 1. The Morgan fingerprint density at radius 3 is 2.33 bits per heavy atom. The van der Waals surface area contributed by atoms with Gasteiger partial charge in [0.05, 0.1) is 36.3 Å². The summed E-state index contributed by atoms with van der Waals surface area (Å²) in [5.41, 5.74) is 1.31. The quantitative estimate of drug-likeness (QED) is 0.584. The number of hydrogen-bond acceptors (Lipinski definition) is 8. The van der Waals surface area contributed by atoms with Crippen molar-refractivity contribution >= 4 is 44.1 Å². The molecule has 0 spiro atoms. The van der Waals surface area contributed by atoms with Crippen LogP contribution < -0.4 is 5.32 Å². The van der Waals surface area contributed by atoms with E-state index < -0.39 is 21.9 Å². The first-order chi connectivity index (χ1) is 17.0. The SMILES string of the molecule is COC(=O)c1c(NC(=O)c2ccc(S(=O)(=O)N3C[C@@H](C)O[C@@H](C)C3)cc2)sc2c1CCN(C(C)=O)C2. The van der Waals surface area contributed by atoms with Gasteiger partial charge in [-0.15, -0.1) is 11.3 Å². The molecule has 3 heterocycles. The Hall–Kier alpha value is -2.80. The minimum atomic E-state index is -3.73. The predicted molar refractivity (Wildman–Crippen MR) is 134 cm³/mol. The molecule has 0 aliphatic carbocycles. The molecule has 194 valence electrons. The maximum atomic E-state index is 13.1. The van der Waals surface area contributed by atoms with Crippen LogP contribution in [0.25, 0.3) is 0 Å². The van der Waals surface area contributed by atoms with Crippen LogP contribution in [0.4, 0.5) is 5.00 Å². The van der Waals surface area contributed by atoms with Crippen molar-refractivity contribution in [3.8, 4) is 0 Å². The van der Waals surface area contributed by atoms with E-state index in [1.807, 2.05) is 13.8 Å². The van der Waals surface area contributed by atoms with Crippen LogP contribution in [0.15, 0.2) is 29.2 Å². The maximum absolute atomic E-state index is 13.1. The lowest BCUT2D eigenvalue weighted by atomic mass is 10.0. The summed E-state index contributed by atoms with van der Waals surface area (Å²) in [5, 5.41) is 3.12. The fraction of sp³-hybridized carbons (Fsp3) is 0.458. The average Bonchev–Trinajstić information content (AvgIpc) is 3.19. The predicted octanol–water partition coefficient (Wildman–Crippen LogP) is 2.49. The number of nitrogens with zero attached hydrogens (tertiary/aromatic N) is 2. The van der Waals surface area contributed by atoms with Crippen LogP contribution in [0.2, 0.25) is 0 Å². The van der Waals surface area contributed by atoms with Gasteiger partial charge in [-0.1, -0.05) is 0 Å². The number of benzene rings is 1. The first kappa shape index (κ1) is 26.3. The van der Waals surface area contributed by atoms with E-state index in [1.165, 1.54) is 53.9 Å². The van der Waals surface area contributed by atoms with Crippen LogP contribution in [0.3, 0.4) is 0 Å². The number of sulfonamides is 1. The molecule has 0 radical (unpaired) electrons. The monoisotopic (exact) mass is 535 g/mol. The zero-order valence-electron chi connectivity index (χ0n) is 20.6. The number of rotatable bonds is 5. The lowest BCUT2D eigenvalue weighted by molar-refractivity contribution is -0.129. The van der Waals surface area contributed by atoms with Crippen LogP contribution in [-0.4, -0.2) is 74.4 Å². The lowest BCUT2D eigenvalue weighted by Crippen LogP contribution is -2.48. The van der Waals surface area contributed by atoms with Gasteiger partial charge in [-0.05, 0) is 50.1 Å². The molecule has 1 aromatic heterocycles. The number of carbonyl (C=O) groups excluding carboxylic acids is 3. The molecular formula is C24H29N3O7S2. The molecule has 1 aromatic carbocycles. The number of thiophene rings is 1. The number of hydrogen-bond donors (Lipinski definition) is 1. The van der Waals surface area contributed by atoms with Crippen molar-refractivity contribution in [2.24, 2.45) is 0 Å². The molecule has 4 rings (SSSR count). The van der Waals surface area contributed by atoms with Gasteiger partial charge in [0, 0.05) is 37.0 Å². The second-order valence-electron chi connectivity index (χ2n) is 8.95. The first-order valence-corrected chi connectivity index (χ1v) is 13.8. The topological polar surface area (TPSA) is 122 Å². The zero-order chi connectivity index (χ0) is 26.2. The van der Waals surface area contributed by atoms with Crippen LogP contribution in [0.1, 0.15) is 51.9 Å². The van der Waals surface area contributed by atoms with Crippen molar-refractivity contribution in [2.75, 3.05) is 32.1 Å². The summed E-state index contributed by atoms with van der Waals surface area (Å²) >= 11 is 1.24. The van der Waals surface area contributed by atoms with Gasteiger partial charge in [0.25, 0.3) is 5.91 Å². The van der Waals surface area contributed by atoms with E-state index in [0.717, 1.165) is 10.4 Å². The smallest absolute Gasteiger partial charge is 0.341 e. The number of anilines is 1.